The second-order valence-corrected chi connectivity index (χ2v) is 4.09. The summed E-state index contributed by atoms with van der Waals surface area (Å²) in [5.74, 6) is -0.355. The minimum atomic E-state index is -0.673. The molecule has 1 unspecified atom stereocenters. The zero-order valence-corrected chi connectivity index (χ0v) is 9.96. The molecule has 102 valence electrons. The Morgan fingerprint density at radius 3 is 2.95 bits per heavy atom. The Morgan fingerprint density at radius 2 is 2.32 bits per heavy atom. The summed E-state index contributed by atoms with van der Waals surface area (Å²) in [6.07, 6.45) is 0.691. The fourth-order valence-electron chi connectivity index (χ4n) is 1.79. The Kier molecular flexibility index (Phi) is 3.81. The van der Waals surface area contributed by atoms with Crippen LogP contribution in [-0.4, -0.2) is 35.3 Å². The minimum absolute atomic E-state index is 0.120. The third-order valence-electron chi connectivity index (χ3n) is 2.72. The van der Waals surface area contributed by atoms with Gasteiger partial charge in [-0.1, -0.05) is 6.07 Å². The van der Waals surface area contributed by atoms with Gasteiger partial charge in [0, 0.05) is 12.7 Å². The second kappa shape index (κ2) is 5.53. The fourth-order valence-corrected chi connectivity index (χ4v) is 1.79. The molecule has 0 aromatic heterocycles. The number of nitro groups is 1. The number of amides is 2. The number of urea groups is 1. The van der Waals surface area contributed by atoms with Crippen LogP contribution >= 0.6 is 0 Å². The van der Waals surface area contributed by atoms with Crippen LogP contribution in [0.2, 0.25) is 0 Å². The Labute approximate surface area is 108 Å². The van der Waals surface area contributed by atoms with Gasteiger partial charge in [0.05, 0.1) is 17.6 Å². The molecule has 3 N–H and O–H groups in total. The predicted molar refractivity (Wildman–Crippen MR) is 66.1 cm³/mol. The minimum Gasteiger partial charge on any atom is -0.505 e. The van der Waals surface area contributed by atoms with Crippen molar-refractivity contribution in [3.8, 4) is 5.75 Å². The maximum atomic E-state index is 11.7. The van der Waals surface area contributed by atoms with E-state index in [9.17, 15) is 20.0 Å². The summed E-state index contributed by atoms with van der Waals surface area (Å²) in [6, 6.07) is 3.07. The summed E-state index contributed by atoms with van der Waals surface area (Å²) in [4.78, 5) is 21.8. The third kappa shape index (κ3) is 3.10. The molecule has 2 rings (SSSR count). The molecule has 1 fully saturated rings. The molecule has 1 aliphatic rings. The summed E-state index contributed by atoms with van der Waals surface area (Å²) in [5, 5.41) is 25.3. The lowest BCUT2D eigenvalue weighted by atomic mass is 10.2. The Balaban J connectivity index is 2.09. The van der Waals surface area contributed by atoms with E-state index in [1.807, 2.05) is 0 Å². The van der Waals surface area contributed by atoms with Crippen molar-refractivity contribution in [2.45, 2.75) is 12.5 Å². The first-order valence-corrected chi connectivity index (χ1v) is 5.69. The van der Waals surface area contributed by atoms with Crippen molar-refractivity contribution in [2.24, 2.45) is 0 Å². The molecule has 1 aromatic rings. The number of phenols is 1. The lowest BCUT2D eigenvalue weighted by Crippen LogP contribution is -2.38. The van der Waals surface area contributed by atoms with Gasteiger partial charge in [-0.3, -0.25) is 15.4 Å². The SMILES string of the molecule is O=C(Nc1c(O)cccc1[N+](=O)[O-])NC1CCOC1. The molecule has 8 nitrogen and oxygen atoms in total. The highest BCUT2D eigenvalue weighted by molar-refractivity contribution is 5.94. The first-order valence-electron chi connectivity index (χ1n) is 5.69. The number of carbonyl (C=O) groups is 1. The van der Waals surface area contributed by atoms with Crippen molar-refractivity contribution in [3.05, 3.63) is 28.3 Å². The zero-order valence-electron chi connectivity index (χ0n) is 9.96. The van der Waals surface area contributed by atoms with E-state index in [0.29, 0.717) is 19.6 Å². The number of nitrogens with one attached hydrogen (secondary N) is 2. The van der Waals surface area contributed by atoms with Crippen molar-refractivity contribution in [2.75, 3.05) is 18.5 Å². The number of hydrogen-bond donors (Lipinski definition) is 3. The van der Waals surface area contributed by atoms with Crippen LogP contribution < -0.4 is 10.6 Å². The summed E-state index contributed by atoms with van der Waals surface area (Å²) in [6.45, 7) is 0.984. The van der Waals surface area contributed by atoms with Gasteiger partial charge in [-0.25, -0.2) is 4.79 Å². The van der Waals surface area contributed by atoms with Crippen LogP contribution in [0.5, 0.6) is 5.75 Å². The number of benzene rings is 1. The van der Waals surface area contributed by atoms with E-state index in [-0.39, 0.29) is 23.2 Å². The van der Waals surface area contributed by atoms with Crippen LogP contribution in [0.15, 0.2) is 18.2 Å². The highest BCUT2D eigenvalue weighted by atomic mass is 16.6. The van der Waals surface area contributed by atoms with E-state index < -0.39 is 11.0 Å². The Bertz CT molecular complexity index is 499. The summed E-state index contributed by atoms with van der Waals surface area (Å²) in [5.41, 5.74) is -0.582. The monoisotopic (exact) mass is 267 g/mol. The van der Waals surface area contributed by atoms with Crippen molar-refractivity contribution in [1.82, 2.24) is 5.32 Å². The largest absolute Gasteiger partial charge is 0.505 e. The van der Waals surface area contributed by atoms with E-state index in [1.54, 1.807) is 0 Å². The van der Waals surface area contributed by atoms with E-state index in [0.717, 1.165) is 0 Å². The van der Waals surface area contributed by atoms with Gasteiger partial charge >= 0.3 is 6.03 Å². The molecule has 1 aromatic carbocycles. The lowest BCUT2D eigenvalue weighted by molar-refractivity contribution is -0.384. The Morgan fingerprint density at radius 1 is 1.53 bits per heavy atom. The second-order valence-electron chi connectivity index (χ2n) is 4.09. The first kappa shape index (κ1) is 13.1. The number of ether oxygens (including phenoxy) is 1. The average Bonchev–Trinajstić information content (AvgIpc) is 2.84. The molecule has 1 heterocycles. The topological polar surface area (TPSA) is 114 Å². The molecule has 0 aliphatic carbocycles. The standard InChI is InChI=1S/C11H13N3O5/c15-9-3-1-2-8(14(17)18)10(9)13-11(16)12-7-4-5-19-6-7/h1-3,7,15H,4-6H2,(H2,12,13,16). The van der Waals surface area contributed by atoms with E-state index in [1.165, 1.54) is 18.2 Å². The smallest absolute Gasteiger partial charge is 0.319 e. The summed E-state index contributed by atoms with van der Waals surface area (Å²) in [7, 11) is 0. The van der Waals surface area contributed by atoms with Gasteiger partial charge in [0.25, 0.3) is 5.69 Å². The molecule has 0 spiro atoms. The third-order valence-corrected chi connectivity index (χ3v) is 2.72. The van der Waals surface area contributed by atoms with Crippen LogP contribution in [0.3, 0.4) is 0 Å². The van der Waals surface area contributed by atoms with Gasteiger partial charge in [-0.2, -0.15) is 0 Å². The number of para-hydroxylation sites is 1. The van der Waals surface area contributed by atoms with Gasteiger partial charge in [-0.15, -0.1) is 0 Å². The van der Waals surface area contributed by atoms with Crippen LogP contribution in [-0.2, 0) is 4.74 Å². The van der Waals surface area contributed by atoms with Gasteiger partial charge in [0.15, 0.2) is 5.69 Å². The average molecular weight is 267 g/mol. The maximum absolute atomic E-state index is 11.7. The van der Waals surface area contributed by atoms with Crippen LogP contribution in [0.4, 0.5) is 16.2 Å². The molecule has 19 heavy (non-hydrogen) atoms. The number of aromatic hydroxyl groups is 1. The normalized spacial score (nSPS) is 18.0. The first-order chi connectivity index (χ1) is 9.08. The molecule has 8 heteroatoms. The summed E-state index contributed by atoms with van der Waals surface area (Å²) < 4.78 is 5.09. The molecule has 0 radical (unpaired) electrons. The predicted octanol–water partition coefficient (Wildman–Crippen LogP) is 1.21. The zero-order chi connectivity index (χ0) is 13.8. The van der Waals surface area contributed by atoms with Gasteiger partial charge in [-0.05, 0) is 12.5 Å². The molecule has 0 saturated carbocycles. The molecular weight excluding hydrogens is 254 g/mol. The van der Waals surface area contributed by atoms with E-state index >= 15 is 0 Å². The molecule has 1 atom stereocenters. The van der Waals surface area contributed by atoms with Crippen LogP contribution in [0.1, 0.15) is 6.42 Å². The fraction of sp³-hybridized carbons (Fsp3) is 0.364. The number of carbonyl (C=O) groups excluding carboxylic acids is 1. The summed E-state index contributed by atoms with van der Waals surface area (Å²) >= 11 is 0. The number of rotatable bonds is 3. The molecule has 1 aliphatic heterocycles. The molecule has 0 bridgehead atoms. The van der Waals surface area contributed by atoms with Crippen LogP contribution in [0, 0.1) is 10.1 Å². The van der Waals surface area contributed by atoms with Crippen molar-refractivity contribution < 1.29 is 19.6 Å². The van der Waals surface area contributed by atoms with E-state index in [2.05, 4.69) is 10.6 Å². The molecule has 1 saturated heterocycles. The Hall–Kier alpha value is -2.35. The number of nitro benzene ring substituents is 1. The quantitative estimate of drug-likeness (QED) is 0.432. The number of anilines is 1. The number of phenolic OH excluding ortho intramolecular Hbond substituents is 1. The highest BCUT2D eigenvalue weighted by Crippen LogP contribution is 2.32. The van der Waals surface area contributed by atoms with Crippen molar-refractivity contribution >= 4 is 17.4 Å². The van der Waals surface area contributed by atoms with Crippen molar-refractivity contribution in [3.63, 3.8) is 0 Å². The maximum Gasteiger partial charge on any atom is 0.319 e. The van der Waals surface area contributed by atoms with Crippen molar-refractivity contribution in [1.29, 1.82) is 0 Å². The molecular formula is C11H13N3O5. The number of hydrogen-bond acceptors (Lipinski definition) is 5. The lowest BCUT2D eigenvalue weighted by Gasteiger charge is -2.12. The van der Waals surface area contributed by atoms with Gasteiger partial charge < -0.3 is 15.2 Å². The van der Waals surface area contributed by atoms with E-state index in [4.69, 9.17) is 4.74 Å². The number of nitrogens with zero attached hydrogens (tertiary/aromatic N) is 1. The van der Waals surface area contributed by atoms with Gasteiger partial charge in [0.1, 0.15) is 5.75 Å². The molecule has 2 amide bonds. The van der Waals surface area contributed by atoms with Gasteiger partial charge in [0.2, 0.25) is 0 Å². The van der Waals surface area contributed by atoms with Crippen LogP contribution in [0.25, 0.3) is 0 Å². The highest BCUT2D eigenvalue weighted by Gasteiger charge is 2.22.